The van der Waals surface area contributed by atoms with Crippen molar-refractivity contribution < 1.29 is 8.78 Å². The molecule has 4 nitrogen and oxygen atoms in total. The van der Waals surface area contributed by atoms with E-state index in [9.17, 15) is 13.6 Å². The summed E-state index contributed by atoms with van der Waals surface area (Å²) in [5, 5.41) is 2.50. The van der Waals surface area contributed by atoms with Crippen LogP contribution in [0.2, 0.25) is 0 Å². The number of nitrogens with two attached hydrogens (primary N) is 1. The second kappa shape index (κ2) is 5.00. The summed E-state index contributed by atoms with van der Waals surface area (Å²) in [6.45, 7) is 1.53. The Bertz CT molecular complexity index is 700. The Balaban J connectivity index is 2.52. The lowest BCUT2D eigenvalue weighted by Gasteiger charge is -2.12. The Morgan fingerprint density at radius 2 is 2.05 bits per heavy atom. The van der Waals surface area contributed by atoms with Gasteiger partial charge >= 0.3 is 0 Å². The number of aryl methyl sites for hydroxylation is 1. The molecule has 2 rings (SSSR count). The molecule has 0 aliphatic heterocycles. The Kier molecular flexibility index (Phi) is 3.57. The first-order chi connectivity index (χ1) is 8.90. The van der Waals surface area contributed by atoms with Gasteiger partial charge in [0.15, 0.2) is 0 Å². The number of halogens is 3. The van der Waals surface area contributed by atoms with Crippen LogP contribution in [0.3, 0.4) is 0 Å². The maximum atomic E-state index is 13.7. The van der Waals surface area contributed by atoms with E-state index in [2.05, 4.69) is 26.2 Å². The van der Waals surface area contributed by atoms with Gasteiger partial charge in [-0.2, -0.15) is 4.39 Å². The van der Waals surface area contributed by atoms with Gasteiger partial charge in [0.25, 0.3) is 5.56 Å². The topological polar surface area (TPSA) is 70.9 Å². The minimum Gasteiger partial charge on any atom is -0.396 e. The molecule has 0 aliphatic rings. The first-order valence-electron chi connectivity index (χ1n) is 5.30. The zero-order valence-corrected chi connectivity index (χ0v) is 11.4. The third-order valence-electron chi connectivity index (χ3n) is 2.58. The number of nitrogen functional groups attached to an aromatic ring is 1. The van der Waals surface area contributed by atoms with Crippen molar-refractivity contribution in [1.29, 1.82) is 0 Å². The molecule has 0 saturated carbocycles. The lowest BCUT2D eigenvalue weighted by Crippen LogP contribution is -2.17. The van der Waals surface area contributed by atoms with Crippen molar-refractivity contribution in [2.45, 2.75) is 6.92 Å². The van der Waals surface area contributed by atoms with Gasteiger partial charge in [-0.15, -0.1) is 0 Å². The van der Waals surface area contributed by atoms with Crippen molar-refractivity contribution >= 4 is 33.0 Å². The van der Waals surface area contributed by atoms with E-state index in [0.29, 0.717) is 10.2 Å². The van der Waals surface area contributed by atoms with Crippen molar-refractivity contribution in [2.24, 2.45) is 0 Å². The molecule has 0 saturated heterocycles. The van der Waals surface area contributed by atoms with E-state index in [4.69, 9.17) is 5.73 Å². The number of aromatic nitrogens is 1. The average Bonchev–Trinajstić information content (AvgIpc) is 2.34. The van der Waals surface area contributed by atoms with Crippen LogP contribution in [0.1, 0.15) is 5.69 Å². The molecule has 0 atom stereocenters. The summed E-state index contributed by atoms with van der Waals surface area (Å²) in [6.07, 6.45) is 0. The van der Waals surface area contributed by atoms with Crippen molar-refractivity contribution in [3.8, 4) is 0 Å². The minimum atomic E-state index is -1.08. The van der Waals surface area contributed by atoms with Gasteiger partial charge in [-0.1, -0.05) is 15.9 Å². The van der Waals surface area contributed by atoms with Crippen molar-refractivity contribution in [3.05, 3.63) is 50.4 Å². The standard InChI is InChI=1S/C12H10BrF2N3O/c1-5-10(16)11(9(15)12(19)17-5)18-8-3-2-6(13)4-7(8)14/h2-4H,16H2,1H3,(H2,17,18,19). The zero-order valence-electron chi connectivity index (χ0n) is 9.85. The number of pyridine rings is 1. The van der Waals surface area contributed by atoms with Crippen molar-refractivity contribution in [3.63, 3.8) is 0 Å². The molecule has 0 radical (unpaired) electrons. The van der Waals surface area contributed by atoms with E-state index in [-0.39, 0.29) is 17.1 Å². The van der Waals surface area contributed by atoms with Crippen molar-refractivity contribution in [2.75, 3.05) is 11.1 Å². The maximum Gasteiger partial charge on any atom is 0.286 e. The van der Waals surface area contributed by atoms with Crippen LogP contribution in [0.5, 0.6) is 0 Å². The van der Waals surface area contributed by atoms with Gasteiger partial charge in [0.2, 0.25) is 5.82 Å². The molecule has 0 spiro atoms. The molecule has 7 heteroatoms. The fourth-order valence-electron chi connectivity index (χ4n) is 1.56. The van der Waals surface area contributed by atoms with Crippen LogP contribution in [0, 0.1) is 18.6 Å². The summed E-state index contributed by atoms with van der Waals surface area (Å²) in [7, 11) is 0. The number of rotatable bonds is 2. The van der Waals surface area contributed by atoms with Crippen LogP contribution >= 0.6 is 15.9 Å². The highest BCUT2D eigenvalue weighted by Gasteiger charge is 2.15. The molecule has 0 unspecified atom stereocenters. The van der Waals surface area contributed by atoms with Gasteiger partial charge in [-0.05, 0) is 25.1 Å². The van der Waals surface area contributed by atoms with E-state index in [1.54, 1.807) is 6.07 Å². The molecule has 19 heavy (non-hydrogen) atoms. The van der Waals surface area contributed by atoms with E-state index in [0.717, 1.165) is 0 Å². The first kappa shape index (κ1) is 13.5. The number of hydrogen-bond donors (Lipinski definition) is 3. The van der Waals surface area contributed by atoms with Crippen LogP contribution in [0.15, 0.2) is 27.5 Å². The van der Waals surface area contributed by atoms with E-state index >= 15 is 0 Å². The van der Waals surface area contributed by atoms with Gasteiger partial charge in [0.1, 0.15) is 11.5 Å². The van der Waals surface area contributed by atoms with Crippen LogP contribution in [0.4, 0.5) is 25.8 Å². The molecule has 4 N–H and O–H groups in total. The van der Waals surface area contributed by atoms with E-state index in [1.807, 2.05) is 0 Å². The quantitative estimate of drug-likeness (QED) is 0.793. The SMILES string of the molecule is Cc1[nH]c(=O)c(F)c(Nc2ccc(Br)cc2F)c1N. The average molecular weight is 330 g/mol. The highest BCUT2D eigenvalue weighted by Crippen LogP contribution is 2.28. The number of anilines is 3. The summed E-state index contributed by atoms with van der Waals surface area (Å²) in [4.78, 5) is 13.6. The Morgan fingerprint density at radius 3 is 2.68 bits per heavy atom. The lowest BCUT2D eigenvalue weighted by molar-refractivity contribution is 0.610. The number of aromatic amines is 1. The fourth-order valence-corrected chi connectivity index (χ4v) is 1.89. The predicted molar refractivity (Wildman–Crippen MR) is 73.6 cm³/mol. The van der Waals surface area contributed by atoms with Crippen molar-refractivity contribution in [1.82, 2.24) is 4.98 Å². The van der Waals surface area contributed by atoms with Gasteiger partial charge < -0.3 is 16.0 Å². The molecular weight excluding hydrogens is 320 g/mol. The molecule has 1 aromatic heterocycles. The second-order valence-electron chi connectivity index (χ2n) is 3.93. The largest absolute Gasteiger partial charge is 0.396 e. The summed E-state index contributed by atoms with van der Waals surface area (Å²) in [5.41, 5.74) is 4.90. The second-order valence-corrected chi connectivity index (χ2v) is 4.85. The Morgan fingerprint density at radius 1 is 1.37 bits per heavy atom. The number of H-pyrrole nitrogens is 1. The van der Waals surface area contributed by atoms with Gasteiger partial charge in [0, 0.05) is 10.2 Å². The smallest absolute Gasteiger partial charge is 0.286 e. The van der Waals surface area contributed by atoms with Crippen LogP contribution in [-0.4, -0.2) is 4.98 Å². The van der Waals surface area contributed by atoms with E-state index < -0.39 is 17.2 Å². The summed E-state index contributed by atoms with van der Waals surface area (Å²) < 4.78 is 27.9. The predicted octanol–water partition coefficient (Wildman–Crippen LogP) is 3.05. The van der Waals surface area contributed by atoms with Crippen LogP contribution < -0.4 is 16.6 Å². The summed E-state index contributed by atoms with van der Waals surface area (Å²) >= 11 is 3.11. The number of nitrogens with one attached hydrogen (secondary N) is 2. The maximum absolute atomic E-state index is 13.7. The molecule has 1 heterocycles. The highest BCUT2D eigenvalue weighted by atomic mass is 79.9. The summed E-state index contributed by atoms with van der Waals surface area (Å²) in [5.74, 6) is -1.67. The molecular formula is C12H10BrF2N3O. The Labute approximate surface area is 115 Å². The molecule has 0 amide bonds. The fraction of sp³-hybridized carbons (Fsp3) is 0.0833. The third kappa shape index (κ3) is 2.60. The minimum absolute atomic E-state index is 0.0267. The van der Waals surface area contributed by atoms with E-state index in [1.165, 1.54) is 19.1 Å². The van der Waals surface area contributed by atoms with Gasteiger partial charge in [-0.25, -0.2) is 4.39 Å². The van der Waals surface area contributed by atoms with Crippen LogP contribution in [-0.2, 0) is 0 Å². The molecule has 0 aliphatic carbocycles. The summed E-state index contributed by atoms with van der Waals surface area (Å²) in [6, 6.07) is 4.21. The molecule has 1 aromatic carbocycles. The first-order valence-corrected chi connectivity index (χ1v) is 6.09. The normalized spacial score (nSPS) is 10.5. The van der Waals surface area contributed by atoms with Gasteiger partial charge in [-0.3, -0.25) is 4.79 Å². The molecule has 0 bridgehead atoms. The van der Waals surface area contributed by atoms with Gasteiger partial charge in [0.05, 0.1) is 11.4 Å². The molecule has 100 valence electrons. The molecule has 0 fully saturated rings. The monoisotopic (exact) mass is 329 g/mol. The lowest BCUT2D eigenvalue weighted by atomic mass is 10.2. The Hall–Kier alpha value is -1.89. The number of hydrogen-bond acceptors (Lipinski definition) is 3. The van der Waals surface area contributed by atoms with Crippen LogP contribution in [0.25, 0.3) is 0 Å². The number of benzene rings is 1. The molecule has 2 aromatic rings. The third-order valence-corrected chi connectivity index (χ3v) is 3.08. The zero-order chi connectivity index (χ0) is 14.2. The highest BCUT2D eigenvalue weighted by molar-refractivity contribution is 9.10.